The number of hydrogen-bond donors (Lipinski definition) is 0. The van der Waals surface area contributed by atoms with Gasteiger partial charge < -0.3 is 4.74 Å². The largest absolute Gasteiger partial charge is 0.465 e. The predicted molar refractivity (Wildman–Crippen MR) is 86.9 cm³/mol. The Balaban J connectivity index is 2.23. The SMILES string of the molecule is COC(=O)c1ccc(C(=O)c2ccc(C(Cl)(Cl)Cl)cc2)cc1. The molecule has 0 radical (unpaired) electrons. The molecular weight excluding hydrogens is 347 g/mol. The summed E-state index contributed by atoms with van der Waals surface area (Å²) >= 11 is 17.3. The minimum Gasteiger partial charge on any atom is -0.465 e. The number of rotatable bonds is 3. The maximum absolute atomic E-state index is 12.3. The molecule has 3 nitrogen and oxygen atoms in total. The van der Waals surface area contributed by atoms with E-state index in [1.807, 2.05) is 0 Å². The number of hydrogen-bond acceptors (Lipinski definition) is 3. The fourth-order valence-electron chi connectivity index (χ4n) is 1.85. The van der Waals surface area contributed by atoms with Crippen LogP contribution in [0.1, 0.15) is 31.8 Å². The smallest absolute Gasteiger partial charge is 0.337 e. The van der Waals surface area contributed by atoms with Gasteiger partial charge in [-0.3, -0.25) is 4.79 Å². The Bertz CT molecular complexity index is 686. The molecule has 0 aliphatic rings. The fraction of sp³-hybridized carbons (Fsp3) is 0.125. The maximum atomic E-state index is 12.3. The number of esters is 1. The summed E-state index contributed by atoms with van der Waals surface area (Å²) in [6.45, 7) is 0. The molecule has 114 valence electrons. The molecule has 0 aliphatic carbocycles. The van der Waals surface area contributed by atoms with E-state index in [1.165, 1.54) is 19.2 Å². The van der Waals surface area contributed by atoms with Crippen molar-refractivity contribution in [1.29, 1.82) is 0 Å². The van der Waals surface area contributed by atoms with Crippen molar-refractivity contribution in [2.75, 3.05) is 7.11 Å². The van der Waals surface area contributed by atoms with Crippen molar-refractivity contribution in [3.05, 3.63) is 70.8 Å². The van der Waals surface area contributed by atoms with Crippen LogP contribution in [-0.2, 0) is 8.53 Å². The zero-order valence-corrected chi connectivity index (χ0v) is 13.7. The van der Waals surface area contributed by atoms with Crippen LogP contribution >= 0.6 is 34.8 Å². The Morgan fingerprint density at radius 3 is 1.64 bits per heavy atom. The molecule has 2 aromatic rings. The molecular formula is C16H11Cl3O3. The Kier molecular flexibility index (Phi) is 5.12. The highest BCUT2D eigenvalue weighted by molar-refractivity contribution is 6.66. The van der Waals surface area contributed by atoms with Crippen LogP contribution in [0.5, 0.6) is 0 Å². The standard InChI is InChI=1S/C16H11Cl3O3/c1-22-15(21)12-4-2-10(3-5-12)14(20)11-6-8-13(9-7-11)16(17,18)19/h2-9H,1H3. The highest BCUT2D eigenvalue weighted by Crippen LogP contribution is 2.38. The van der Waals surface area contributed by atoms with Crippen LogP contribution in [0.25, 0.3) is 0 Å². The number of methoxy groups -OCH3 is 1. The highest BCUT2D eigenvalue weighted by atomic mass is 35.6. The first kappa shape index (κ1) is 16.8. The lowest BCUT2D eigenvalue weighted by atomic mass is 10.0. The van der Waals surface area contributed by atoms with Crippen LogP contribution in [0.15, 0.2) is 48.5 Å². The van der Waals surface area contributed by atoms with E-state index >= 15 is 0 Å². The van der Waals surface area contributed by atoms with Gasteiger partial charge in [-0.05, 0) is 12.1 Å². The third kappa shape index (κ3) is 3.80. The Morgan fingerprint density at radius 1 is 0.818 bits per heavy atom. The van der Waals surface area contributed by atoms with E-state index in [4.69, 9.17) is 34.8 Å². The molecule has 0 fully saturated rings. The Labute approximate surface area is 142 Å². The number of benzene rings is 2. The van der Waals surface area contributed by atoms with Crippen molar-refractivity contribution >= 4 is 46.6 Å². The van der Waals surface area contributed by atoms with E-state index in [2.05, 4.69) is 4.74 Å². The molecule has 22 heavy (non-hydrogen) atoms. The van der Waals surface area contributed by atoms with Crippen LogP contribution in [0, 0.1) is 0 Å². The Morgan fingerprint density at radius 2 is 1.23 bits per heavy atom. The van der Waals surface area contributed by atoms with Crippen LogP contribution in [-0.4, -0.2) is 18.9 Å². The van der Waals surface area contributed by atoms with Gasteiger partial charge in [-0.15, -0.1) is 0 Å². The van der Waals surface area contributed by atoms with Gasteiger partial charge in [0.15, 0.2) is 5.78 Å². The van der Waals surface area contributed by atoms with Crippen LogP contribution in [0.4, 0.5) is 0 Å². The molecule has 6 heteroatoms. The molecule has 0 saturated carbocycles. The van der Waals surface area contributed by atoms with Crippen molar-refractivity contribution in [2.24, 2.45) is 0 Å². The van der Waals surface area contributed by atoms with Gasteiger partial charge in [-0.25, -0.2) is 4.79 Å². The first-order valence-electron chi connectivity index (χ1n) is 6.23. The lowest BCUT2D eigenvalue weighted by Crippen LogP contribution is -2.05. The molecule has 0 aromatic heterocycles. The lowest BCUT2D eigenvalue weighted by Gasteiger charge is -2.11. The van der Waals surface area contributed by atoms with Crippen LogP contribution in [0.2, 0.25) is 0 Å². The number of alkyl halides is 3. The van der Waals surface area contributed by atoms with Crippen LogP contribution < -0.4 is 0 Å². The van der Waals surface area contributed by atoms with Gasteiger partial charge in [0.25, 0.3) is 0 Å². The maximum Gasteiger partial charge on any atom is 0.337 e. The molecule has 0 bridgehead atoms. The van der Waals surface area contributed by atoms with Gasteiger partial charge in [-0.1, -0.05) is 71.2 Å². The molecule has 0 heterocycles. The van der Waals surface area contributed by atoms with Gasteiger partial charge >= 0.3 is 5.97 Å². The van der Waals surface area contributed by atoms with Gasteiger partial charge in [0.05, 0.1) is 12.7 Å². The summed E-state index contributed by atoms with van der Waals surface area (Å²) in [6, 6.07) is 12.6. The van der Waals surface area contributed by atoms with Crippen molar-refractivity contribution in [2.45, 2.75) is 3.79 Å². The van der Waals surface area contributed by atoms with Gasteiger partial charge in [0, 0.05) is 16.7 Å². The average Bonchev–Trinajstić information content (AvgIpc) is 2.53. The summed E-state index contributed by atoms with van der Waals surface area (Å²) in [7, 11) is 1.30. The summed E-state index contributed by atoms with van der Waals surface area (Å²) in [5, 5.41) is 0. The van der Waals surface area contributed by atoms with Crippen molar-refractivity contribution in [3.8, 4) is 0 Å². The molecule has 0 aliphatic heterocycles. The molecule has 0 saturated heterocycles. The highest BCUT2D eigenvalue weighted by Gasteiger charge is 2.22. The monoisotopic (exact) mass is 356 g/mol. The predicted octanol–water partition coefficient (Wildman–Crippen LogP) is 4.53. The summed E-state index contributed by atoms with van der Waals surface area (Å²) in [6.07, 6.45) is 0. The number of ether oxygens (including phenoxy) is 1. The molecule has 0 amide bonds. The summed E-state index contributed by atoms with van der Waals surface area (Å²) < 4.78 is 3.08. The number of carbonyl (C=O) groups excluding carboxylic acids is 2. The first-order valence-corrected chi connectivity index (χ1v) is 7.36. The third-order valence-corrected chi connectivity index (χ3v) is 3.70. The molecule has 0 unspecified atom stereocenters. The van der Waals surface area contributed by atoms with E-state index < -0.39 is 9.76 Å². The minimum absolute atomic E-state index is 0.188. The Hall–Kier alpha value is -1.55. The molecule has 2 aromatic carbocycles. The number of halogens is 3. The molecule has 0 N–H and O–H groups in total. The number of carbonyl (C=O) groups is 2. The zero-order valence-electron chi connectivity index (χ0n) is 11.5. The summed E-state index contributed by atoms with van der Waals surface area (Å²) in [4.78, 5) is 23.7. The first-order chi connectivity index (χ1) is 10.3. The van der Waals surface area contributed by atoms with Crippen molar-refractivity contribution in [1.82, 2.24) is 0 Å². The van der Waals surface area contributed by atoms with E-state index in [0.29, 0.717) is 22.3 Å². The average molecular weight is 358 g/mol. The van der Waals surface area contributed by atoms with Crippen molar-refractivity contribution < 1.29 is 14.3 Å². The van der Waals surface area contributed by atoms with Crippen molar-refractivity contribution in [3.63, 3.8) is 0 Å². The topological polar surface area (TPSA) is 43.4 Å². The minimum atomic E-state index is -1.52. The third-order valence-electron chi connectivity index (χ3n) is 3.04. The summed E-state index contributed by atoms with van der Waals surface area (Å²) in [5.74, 6) is -0.640. The van der Waals surface area contributed by atoms with E-state index in [-0.39, 0.29) is 5.78 Å². The van der Waals surface area contributed by atoms with Crippen LogP contribution in [0.3, 0.4) is 0 Å². The van der Waals surface area contributed by atoms with Gasteiger partial charge in [-0.2, -0.15) is 0 Å². The van der Waals surface area contributed by atoms with Gasteiger partial charge in [0.2, 0.25) is 3.79 Å². The van der Waals surface area contributed by atoms with E-state index in [9.17, 15) is 9.59 Å². The normalized spacial score (nSPS) is 11.1. The summed E-state index contributed by atoms with van der Waals surface area (Å²) in [5.41, 5.74) is 1.78. The quantitative estimate of drug-likeness (QED) is 0.460. The zero-order chi connectivity index (χ0) is 16.3. The van der Waals surface area contributed by atoms with E-state index in [1.54, 1.807) is 36.4 Å². The number of ketones is 1. The second-order valence-corrected chi connectivity index (χ2v) is 6.75. The molecule has 2 rings (SSSR count). The van der Waals surface area contributed by atoms with Gasteiger partial charge in [0.1, 0.15) is 0 Å². The second-order valence-electron chi connectivity index (χ2n) is 4.47. The second kappa shape index (κ2) is 6.69. The lowest BCUT2D eigenvalue weighted by molar-refractivity contribution is 0.0600. The molecule has 0 atom stereocenters. The van der Waals surface area contributed by atoms with E-state index in [0.717, 1.165) is 0 Å². The molecule has 0 spiro atoms. The fourth-order valence-corrected chi connectivity index (χ4v) is 2.23.